The van der Waals surface area contributed by atoms with Gasteiger partial charge in [0.05, 0.1) is 5.92 Å². The van der Waals surface area contributed by atoms with E-state index in [2.05, 4.69) is 19.2 Å². The molecule has 0 aliphatic carbocycles. The molecule has 1 saturated heterocycles. The molecule has 3 atom stereocenters. The Balaban J connectivity index is 2.36. The van der Waals surface area contributed by atoms with Crippen LogP contribution >= 0.6 is 0 Å². The predicted octanol–water partition coefficient (Wildman–Crippen LogP) is 5.47. The van der Waals surface area contributed by atoms with Crippen molar-refractivity contribution in [2.45, 2.75) is 129 Å². The third kappa shape index (κ3) is 12.8. The number of esters is 2. The maximum Gasteiger partial charge on any atom is 0.325 e. The average molecular weight is 440 g/mol. The summed E-state index contributed by atoms with van der Waals surface area (Å²) in [5.74, 6) is -0.603. The van der Waals surface area contributed by atoms with Crippen LogP contribution in [0.2, 0.25) is 0 Å². The Morgan fingerprint density at radius 1 is 0.968 bits per heavy atom. The Labute approximate surface area is 189 Å². The van der Waals surface area contributed by atoms with Crippen molar-refractivity contribution in [2.75, 3.05) is 6.54 Å². The van der Waals surface area contributed by atoms with Crippen LogP contribution in [-0.4, -0.2) is 37.1 Å². The minimum Gasteiger partial charge on any atom is -0.461 e. The molecule has 1 amide bonds. The molecule has 1 N–H and O–H groups in total. The molecule has 31 heavy (non-hydrogen) atoms. The van der Waals surface area contributed by atoms with Crippen LogP contribution < -0.4 is 5.32 Å². The molecule has 1 aliphatic heterocycles. The highest BCUT2D eigenvalue weighted by molar-refractivity contribution is 5.78. The molecule has 1 fully saturated rings. The lowest BCUT2D eigenvalue weighted by molar-refractivity contribution is -0.190. The number of unbranched alkanes of at least 4 members (excludes halogenated alkanes) is 11. The summed E-state index contributed by atoms with van der Waals surface area (Å²) >= 11 is 0. The average Bonchev–Trinajstić information content (AvgIpc) is 2.75. The van der Waals surface area contributed by atoms with Crippen LogP contribution in [0.1, 0.15) is 117 Å². The number of carbonyl (C=O) groups is 3. The maximum absolute atomic E-state index is 12.0. The fraction of sp³-hybridized carbons (Fsp3) is 0.880. The highest BCUT2D eigenvalue weighted by atomic mass is 16.6. The minimum atomic E-state index is -0.434. The van der Waals surface area contributed by atoms with Crippen molar-refractivity contribution in [3.63, 3.8) is 0 Å². The topological polar surface area (TPSA) is 81.7 Å². The molecule has 0 aromatic carbocycles. The zero-order chi connectivity index (χ0) is 22.7. The van der Waals surface area contributed by atoms with Gasteiger partial charge in [-0.25, -0.2) is 0 Å². The van der Waals surface area contributed by atoms with E-state index in [1.165, 1.54) is 57.8 Å². The number of cyclic esters (lactones) is 1. The fourth-order valence-electron chi connectivity index (χ4n) is 4.22. The number of ether oxygens (including phenoxy) is 2. The second-order valence-electron chi connectivity index (χ2n) is 8.89. The van der Waals surface area contributed by atoms with Crippen molar-refractivity contribution < 1.29 is 23.9 Å². The molecule has 0 bridgehead atoms. The van der Waals surface area contributed by atoms with Crippen LogP contribution in [0.15, 0.2) is 0 Å². The zero-order valence-corrected chi connectivity index (χ0v) is 19.9. The minimum absolute atomic E-state index is 0.0607. The first-order valence-corrected chi connectivity index (χ1v) is 12.7. The summed E-state index contributed by atoms with van der Waals surface area (Å²) in [5, 5.41) is 2.35. The molecule has 6 heteroatoms. The molecule has 1 heterocycles. The Bertz CT molecular complexity index is 496. The molecule has 0 unspecified atom stereocenters. The molecule has 0 radical (unpaired) electrons. The van der Waals surface area contributed by atoms with Gasteiger partial charge in [0.15, 0.2) is 0 Å². The van der Waals surface area contributed by atoms with Crippen molar-refractivity contribution in [3.8, 4) is 0 Å². The summed E-state index contributed by atoms with van der Waals surface area (Å²) in [6.07, 6.45) is 17.9. The summed E-state index contributed by atoms with van der Waals surface area (Å²) in [7, 11) is 0. The number of nitrogens with one attached hydrogen (secondary N) is 1. The summed E-state index contributed by atoms with van der Waals surface area (Å²) in [5.41, 5.74) is 0. The number of hydrogen-bond acceptors (Lipinski definition) is 5. The van der Waals surface area contributed by atoms with Gasteiger partial charge in [0.1, 0.15) is 18.8 Å². The molecule has 1 aliphatic rings. The lowest BCUT2D eigenvalue weighted by Crippen LogP contribution is -2.47. The van der Waals surface area contributed by atoms with E-state index in [0.29, 0.717) is 12.8 Å². The number of amides is 1. The molecule has 6 nitrogen and oxygen atoms in total. The van der Waals surface area contributed by atoms with E-state index in [9.17, 15) is 14.4 Å². The summed E-state index contributed by atoms with van der Waals surface area (Å²) in [6, 6.07) is 0. The second-order valence-corrected chi connectivity index (χ2v) is 8.89. The number of carbonyl (C=O) groups excluding carboxylic acids is 3. The monoisotopic (exact) mass is 439 g/mol. The largest absolute Gasteiger partial charge is 0.461 e. The van der Waals surface area contributed by atoms with Gasteiger partial charge in [0, 0.05) is 6.42 Å². The third-order valence-electron chi connectivity index (χ3n) is 6.14. The van der Waals surface area contributed by atoms with E-state index in [1.54, 1.807) is 0 Å². The van der Waals surface area contributed by atoms with Crippen molar-refractivity contribution in [1.29, 1.82) is 0 Å². The van der Waals surface area contributed by atoms with E-state index in [1.807, 2.05) is 0 Å². The van der Waals surface area contributed by atoms with E-state index in [0.717, 1.165) is 38.5 Å². The summed E-state index contributed by atoms with van der Waals surface area (Å²) < 4.78 is 11.0. The normalized spacial score (nSPS) is 18.7. The highest BCUT2D eigenvalue weighted by Crippen LogP contribution is 2.32. The molecule has 0 aromatic rings. The van der Waals surface area contributed by atoms with Crippen LogP contribution in [0.3, 0.4) is 0 Å². The van der Waals surface area contributed by atoms with Crippen LogP contribution in [0.25, 0.3) is 0 Å². The van der Waals surface area contributed by atoms with Gasteiger partial charge in [-0.05, 0) is 19.3 Å². The van der Waals surface area contributed by atoms with Crippen molar-refractivity contribution in [3.05, 3.63) is 0 Å². The maximum atomic E-state index is 12.0. The van der Waals surface area contributed by atoms with Gasteiger partial charge < -0.3 is 14.8 Å². The quantitative estimate of drug-likeness (QED) is 0.146. The van der Waals surface area contributed by atoms with E-state index in [-0.39, 0.29) is 30.6 Å². The van der Waals surface area contributed by atoms with Gasteiger partial charge in [0.25, 0.3) is 0 Å². The standard InChI is InChI=1S/C25H45NO5/c1-3-5-7-9-10-11-13-15-17-22-23(31-25(22)29)18-21(16-14-12-8-6-4-2)30-24(28)19-26-20-27/h20-23H,3-19H2,1-2H3,(H,26,27)/t21-,22+,23+/m1/s1. The van der Waals surface area contributed by atoms with Crippen molar-refractivity contribution in [1.82, 2.24) is 5.32 Å². The Morgan fingerprint density at radius 3 is 2.13 bits per heavy atom. The molecular weight excluding hydrogens is 394 g/mol. The predicted molar refractivity (Wildman–Crippen MR) is 123 cm³/mol. The lowest BCUT2D eigenvalue weighted by atomic mass is 9.86. The van der Waals surface area contributed by atoms with E-state index >= 15 is 0 Å². The molecule has 0 saturated carbocycles. The summed E-state index contributed by atoms with van der Waals surface area (Å²) in [6.45, 7) is 4.29. The molecule has 0 spiro atoms. The van der Waals surface area contributed by atoms with Crippen LogP contribution in [0, 0.1) is 5.92 Å². The Morgan fingerprint density at radius 2 is 1.55 bits per heavy atom. The van der Waals surface area contributed by atoms with Gasteiger partial charge in [-0.2, -0.15) is 0 Å². The first-order valence-electron chi connectivity index (χ1n) is 12.7. The van der Waals surface area contributed by atoms with Gasteiger partial charge >= 0.3 is 11.9 Å². The fourth-order valence-corrected chi connectivity index (χ4v) is 4.22. The molecule has 0 aromatic heterocycles. The van der Waals surface area contributed by atoms with Gasteiger partial charge in [0.2, 0.25) is 6.41 Å². The molecular formula is C25H45NO5. The van der Waals surface area contributed by atoms with Crippen molar-refractivity contribution >= 4 is 18.3 Å². The first kappa shape index (κ1) is 27.4. The van der Waals surface area contributed by atoms with Crippen molar-refractivity contribution in [2.24, 2.45) is 5.92 Å². The number of rotatable bonds is 21. The van der Waals surface area contributed by atoms with Gasteiger partial charge in [-0.1, -0.05) is 90.9 Å². The van der Waals surface area contributed by atoms with Crippen LogP contribution in [0.5, 0.6) is 0 Å². The lowest BCUT2D eigenvalue weighted by Gasteiger charge is -2.37. The first-order chi connectivity index (χ1) is 15.1. The Kier molecular flexibility index (Phi) is 16.0. The van der Waals surface area contributed by atoms with E-state index < -0.39 is 5.97 Å². The SMILES string of the molecule is CCCCCCCCCC[C@@H]1C(=O)O[C@H]1C[C@@H](CCCCCCC)OC(=O)CNC=O. The molecule has 180 valence electrons. The van der Waals surface area contributed by atoms with E-state index in [4.69, 9.17) is 9.47 Å². The third-order valence-corrected chi connectivity index (χ3v) is 6.14. The van der Waals surface area contributed by atoms with Gasteiger partial charge in [-0.15, -0.1) is 0 Å². The highest BCUT2D eigenvalue weighted by Gasteiger charge is 2.43. The zero-order valence-electron chi connectivity index (χ0n) is 19.9. The summed E-state index contributed by atoms with van der Waals surface area (Å²) in [4.78, 5) is 34.4. The smallest absolute Gasteiger partial charge is 0.325 e. The Hall–Kier alpha value is -1.59. The van der Waals surface area contributed by atoms with Crippen LogP contribution in [-0.2, 0) is 23.9 Å². The molecule has 1 rings (SSSR count). The second kappa shape index (κ2) is 18.0. The van der Waals surface area contributed by atoms with Crippen LogP contribution in [0.4, 0.5) is 0 Å². The number of hydrogen-bond donors (Lipinski definition) is 1. The van der Waals surface area contributed by atoms with Gasteiger partial charge in [-0.3, -0.25) is 14.4 Å².